The summed E-state index contributed by atoms with van der Waals surface area (Å²) >= 11 is 0. The van der Waals surface area contributed by atoms with Crippen LogP contribution in [0.4, 0.5) is 14.5 Å². The Balaban J connectivity index is 3.11. The van der Waals surface area contributed by atoms with Crippen molar-refractivity contribution in [1.29, 1.82) is 0 Å². The number of nitrogen functional groups attached to an aromatic ring is 1. The van der Waals surface area contributed by atoms with Crippen LogP contribution in [-0.2, 0) is 0 Å². The molecule has 0 unspecified atom stereocenters. The van der Waals surface area contributed by atoms with Crippen LogP contribution in [0.5, 0.6) is 17.2 Å². The molecule has 0 aliphatic carbocycles. The van der Waals surface area contributed by atoms with Gasteiger partial charge in [0.2, 0.25) is 0 Å². The Morgan fingerprint density at radius 2 is 1.88 bits per heavy atom. The molecule has 0 saturated carbocycles. The van der Waals surface area contributed by atoms with Crippen molar-refractivity contribution < 1.29 is 23.4 Å². The number of benzene rings is 1. The minimum atomic E-state index is -2.97. The van der Waals surface area contributed by atoms with E-state index >= 15 is 0 Å². The van der Waals surface area contributed by atoms with E-state index in [1.807, 2.05) is 0 Å². The molecule has 0 heterocycles. The van der Waals surface area contributed by atoms with Crippen molar-refractivity contribution in [3.8, 4) is 17.2 Å². The van der Waals surface area contributed by atoms with Gasteiger partial charge in [-0.2, -0.15) is 8.78 Å². The third-order valence-corrected chi connectivity index (χ3v) is 1.71. The van der Waals surface area contributed by atoms with Crippen molar-refractivity contribution in [3.05, 3.63) is 12.1 Å². The highest BCUT2D eigenvalue weighted by Gasteiger charge is 2.17. The quantitative estimate of drug-likeness (QED) is 0.619. The molecule has 0 aromatic heterocycles. The first-order valence-corrected chi connectivity index (χ1v) is 4.64. The largest absolute Gasteiger partial charge is 0.506 e. The Kier molecular flexibility index (Phi) is 3.76. The fourth-order valence-corrected chi connectivity index (χ4v) is 1.12. The van der Waals surface area contributed by atoms with Crippen molar-refractivity contribution in [2.24, 2.45) is 0 Å². The number of hydrogen-bond donors (Lipinski definition) is 2. The molecule has 0 amide bonds. The van der Waals surface area contributed by atoms with Crippen molar-refractivity contribution in [2.45, 2.75) is 26.6 Å². The van der Waals surface area contributed by atoms with Crippen LogP contribution in [0, 0.1) is 0 Å². The Hall–Kier alpha value is -1.72. The van der Waals surface area contributed by atoms with Gasteiger partial charge in [-0.1, -0.05) is 0 Å². The molecule has 0 spiro atoms. The topological polar surface area (TPSA) is 64.7 Å². The van der Waals surface area contributed by atoms with E-state index in [-0.39, 0.29) is 29.0 Å². The number of halogens is 2. The molecule has 3 N–H and O–H groups in total. The summed E-state index contributed by atoms with van der Waals surface area (Å²) in [5.41, 5.74) is 5.39. The summed E-state index contributed by atoms with van der Waals surface area (Å²) in [5, 5.41) is 9.32. The molecular formula is C10H13F2NO3. The third kappa shape index (κ3) is 2.88. The summed E-state index contributed by atoms with van der Waals surface area (Å²) in [4.78, 5) is 0. The maximum Gasteiger partial charge on any atom is 0.387 e. The lowest BCUT2D eigenvalue weighted by Crippen LogP contribution is -2.11. The molecule has 0 fully saturated rings. The highest BCUT2D eigenvalue weighted by molar-refractivity contribution is 5.67. The lowest BCUT2D eigenvalue weighted by Gasteiger charge is -2.17. The molecule has 1 aromatic carbocycles. The summed E-state index contributed by atoms with van der Waals surface area (Å²) in [6, 6.07) is 2.34. The summed E-state index contributed by atoms with van der Waals surface area (Å²) in [5.74, 6) is -0.508. The molecule has 1 aromatic rings. The Morgan fingerprint density at radius 3 is 2.38 bits per heavy atom. The van der Waals surface area contributed by atoms with Crippen LogP contribution in [0.1, 0.15) is 13.8 Å². The predicted molar refractivity (Wildman–Crippen MR) is 54.9 cm³/mol. The number of aromatic hydroxyl groups is 1. The standard InChI is InChI=1S/C10H13F2NO3/c1-5(2)15-9-7(16-10(11)12)4-3-6(14)8(9)13/h3-5,10,14H,13H2,1-2H3. The first-order chi connectivity index (χ1) is 7.41. The predicted octanol–water partition coefficient (Wildman–Crippen LogP) is 2.36. The van der Waals surface area contributed by atoms with Gasteiger partial charge in [-0.05, 0) is 26.0 Å². The molecule has 1 rings (SSSR count). The summed E-state index contributed by atoms with van der Waals surface area (Å²) in [6.07, 6.45) is -0.274. The average molecular weight is 233 g/mol. The zero-order valence-corrected chi connectivity index (χ0v) is 8.91. The second kappa shape index (κ2) is 4.87. The zero-order chi connectivity index (χ0) is 12.3. The van der Waals surface area contributed by atoms with E-state index in [4.69, 9.17) is 10.5 Å². The first kappa shape index (κ1) is 12.4. The summed E-state index contributed by atoms with van der Waals surface area (Å²) in [7, 11) is 0. The minimum absolute atomic E-state index is 0.0738. The Labute approximate surface area is 91.6 Å². The van der Waals surface area contributed by atoms with Gasteiger partial charge < -0.3 is 20.3 Å². The van der Waals surface area contributed by atoms with Gasteiger partial charge in [0.05, 0.1) is 6.10 Å². The average Bonchev–Trinajstić information content (AvgIpc) is 2.16. The van der Waals surface area contributed by atoms with E-state index in [0.29, 0.717) is 0 Å². The van der Waals surface area contributed by atoms with E-state index in [2.05, 4.69) is 4.74 Å². The highest BCUT2D eigenvalue weighted by Crippen LogP contribution is 2.40. The Bertz CT molecular complexity index is 369. The van der Waals surface area contributed by atoms with Crippen LogP contribution in [0.15, 0.2) is 12.1 Å². The molecule has 16 heavy (non-hydrogen) atoms. The molecule has 0 atom stereocenters. The fourth-order valence-electron chi connectivity index (χ4n) is 1.12. The van der Waals surface area contributed by atoms with E-state index < -0.39 is 6.61 Å². The van der Waals surface area contributed by atoms with E-state index in [1.54, 1.807) is 13.8 Å². The molecule has 0 bridgehead atoms. The first-order valence-electron chi connectivity index (χ1n) is 4.64. The number of phenols is 1. The molecule has 6 heteroatoms. The van der Waals surface area contributed by atoms with Gasteiger partial charge in [0.1, 0.15) is 11.4 Å². The molecule has 0 radical (unpaired) electrons. The van der Waals surface area contributed by atoms with Crippen molar-refractivity contribution in [3.63, 3.8) is 0 Å². The summed E-state index contributed by atoms with van der Waals surface area (Å²) in [6.45, 7) is 0.434. The number of phenolic OH excluding ortho intramolecular Hbond substituents is 1. The van der Waals surface area contributed by atoms with Crippen molar-refractivity contribution >= 4 is 5.69 Å². The van der Waals surface area contributed by atoms with Crippen LogP contribution < -0.4 is 15.2 Å². The highest BCUT2D eigenvalue weighted by atomic mass is 19.3. The number of hydrogen-bond acceptors (Lipinski definition) is 4. The van der Waals surface area contributed by atoms with Crippen LogP contribution >= 0.6 is 0 Å². The van der Waals surface area contributed by atoms with E-state index in [0.717, 1.165) is 0 Å². The normalized spacial score (nSPS) is 10.9. The maximum atomic E-state index is 12.1. The van der Waals surface area contributed by atoms with Gasteiger partial charge >= 0.3 is 6.61 Å². The fraction of sp³-hybridized carbons (Fsp3) is 0.400. The molecule has 0 saturated heterocycles. The van der Waals surface area contributed by atoms with Crippen molar-refractivity contribution in [2.75, 3.05) is 5.73 Å². The molecule has 90 valence electrons. The monoisotopic (exact) mass is 233 g/mol. The zero-order valence-electron chi connectivity index (χ0n) is 8.91. The second-order valence-corrected chi connectivity index (χ2v) is 3.37. The number of alkyl halides is 2. The van der Waals surface area contributed by atoms with Gasteiger partial charge in [-0.3, -0.25) is 0 Å². The molecule has 4 nitrogen and oxygen atoms in total. The molecule has 0 aliphatic rings. The molecule has 0 aliphatic heterocycles. The van der Waals surface area contributed by atoms with Crippen LogP contribution in [0.25, 0.3) is 0 Å². The van der Waals surface area contributed by atoms with Gasteiger partial charge in [-0.15, -0.1) is 0 Å². The van der Waals surface area contributed by atoms with Gasteiger partial charge in [0.15, 0.2) is 11.5 Å². The third-order valence-electron chi connectivity index (χ3n) is 1.71. The lowest BCUT2D eigenvalue weighted by molar-refractivity contribution is -0.0518. The van der Waals surface area contributed by atoms with E-state index in [9.17, 15) is 13.9 Å². The number of rotatable bonds is 4. The second-order valence-electron chi connectivity index (χ2n) is 3.37. The number of anilines is 1. The van der Waals surface area contributed by atoms with Gasteiger partial charge in [-0.25, -0.2) is 0 Å². The lowest BCUT2D eigenvalue weighted by atomic mass is 10.2. The van der Waals surface area contributed by atoms with E-state index in [1.165, 1.54) is 12.1 Å². The van der Waals surface area contributed by atoms with Crippen LogP contribution in [0.2, 0.25) is 0 Å². The smallest absolute Gasteiger partial charge is 0.387 e. The Morgan fingerprint density at radius 1 is 1.25 bits per heavy atom. The maximum absolute atomic E-state index is 12.1. The van der Waals surface area contributed by atoms with Gasteiger partial charge in [0.25, 0.3) is 0 Å². The number of nitrogens with two attached hydrogens (primary N) is 1. The SMILES string of the molecule is CC(C)Oc1c(OC(F)F)ccc(O)c1N. The summed E-state index contributed by atoms with van der Waals surface area (Å²) < 4.78 is 33.6. The minimum Gasteiger partial charge on any atom is -0.506 e. The van der Waals surface area contributed by atoms with Gasteiger partial charge in [0, 0.05) is 0 Å². The number of ether oxygens (including phenoxy) is 2. The van der Waals surface area contributed by atoms with Crippen molar-refractivity contribution in [1.82, 2.24) is 0 Å². The molecular weight excluding hydrogens is 220 g/mol. The van der Waals surface area contributed by atoms with Crippen LogP contribution in [-0.4, -0.2) is 17.8 Å². The van der Waals surface area contributed by atoms with Crippen LogP contribution in [0.3, 0.4) is 0 Å².